The summed E-state index contributed by atoms with van der Waals surface area (Å²) in [6.45, 7) is 5.90. The van der Waals surface area contributed by atoms with Crippen LogP contribution in [0, 0.1) is 6.92 Å². The van der Waals surface area contributed by atoms with E-state index < -0.39 is 0 Å². The Hall–Kier alpha value is -1.29. The SMILES string of the molecule is CCn1ccnc1CNc1ccc(C)c(Br)c1. The molecule has 0 fully saturated rings. The molecule has 0 radical (unpaired) electrons. The molecule has 1 aromatic carbocycles. The number of hydrogen-bond acceptors (Lipinski definition) is 2. The molecule has 0 spiro atoms. The highest BCUT2D eigenvalue weighted by Crippen LogP contribution is 2.20. The van der Waals surface area contributed by atoms with Crippen LogP contribution < -0.4 is 5.32 Å². The zero-order chi connectivity index (χ0) is 12.3. The smallest absolute Gasteiger partial charge is 0.128 e. The Balaban J connectivity index is 2.05. The molecule has 0 bridgehead atoms. The fourth-order valence-corrected chi connectivity index (χ4v) is 2.06. The molecule has 0 saturated heterocycles. The summed E-state index contributed by atoms with van der Waals surface area (Å²) in [5.41, 5.74) is 2.35. The number of halogens is 1. The normalized spacial score (nSPS) is 10.5. The Morgan fingerprint density at radius 2 is 2.24 bits per heavy atom. The fraction of sp³-hybridized carbons (Fsp3) is 0.308. The van der Waals surface area contributed by atoms with Gasteiger partial charge >= 0.3 is 0 Å². The second kappa shape index (κ2) is 5.36. The van der Waals surface area contributed by atoms with Gasteiger partial charge in [0.2, 0.25) is 0 Å². The first-order valence-corrected chi connectivity index (χ1v) is 6.50. The van der Waals surface area contributed by atoms with Gasteiger partial charge in [-0.25, -0.2) is 4.98 Å². The van der Waals surface area contributed by atoms with Crippen molar-refractivity contribution in [3.05, 3.63) is 46.5 Å². The number of aromatic nitrogens is 2. The molecule has 0 saturated carbocycles. The summed E-state index contributed by atoms with van der Waals surface area (Å²) in [5, 5.41) is 3.38. The first-order chi connectivity index (χ1) is 8.20. The van der Waals surface area contributed by atoms with Crippen LogP contribution in [0.5, 0.6) is 0 Å². The quantitative estimate of drug-likeness (QED) is 0.934. The first-order valence-electron chi connectivity index (χ1n) is 5.70. The van der Waals surface area contributed by atoms with Crippen LogP contribution in [0.15, 0.2) is 35.1 Å². The molecule has 0 amide bonds. The molecule has 1 aromatic heterocycles. The Morgan fingerprint density at radius 1 is 1.41 bits per heavy atom. The fourth-order valence-electron chi connectivity index (χ4n) is 1.68. The molecule has 1 N–H and O–H groups in total. The van der Waals surface area contributed by atoms with Crippen molar-refractivity contribution in [2.24, 2.45) is 0 Å². The molecule has 3 nitrogen and oxygen atoms in total. The van der Waals surface area contributed by atoms with Gasteiger partial charge in [-0.15, -0.1) is 0 Å². The van der Waals surface area contributed by atoms with Gasteiger partial charge in [0.15, 0.2) is 0 Å². The van der Waals surface area contributed by atoms with Gasteiger partial charge in [0.05, 0.1) is 6.54 Å². The number of imidazole rings is 1. The van der Waals surface area contributed by atoms with Crippen LogP contribution in [-0.2, 0) is 13.1 Å². The van der Waals surface area contributed by atoms with Gasteiger partial charge in [0.1, 0.15) is 5.82 Å². The van der Waals surface area contributed by atoms with Crippen molar-refractivity contribution in [3.63, 3.8) is 0 Å². The van der Waals surface area contributed by atoms with E-state index in [1.54, 1.807) is 0 Å². The van der Waals surface area contributed by atoms with Crippen LogP contribution in [0.3, 0.4) is 0 Å². The van der Waals surface area contributed by atoms with Crippen molar-refractivity contribution >= 4 is 21.6 Å². The van der Waals surface area contributed by atoms with E-state index in [4.69, 9.17) is 0 Å². The van der Waals surface area contributed by atoms with Crippen LogP contribution in [0.2, 0.25) is 0 Å². The van der Waals surface area contributed by atoms with E-state index in [0.717, 1.165) is 29.1 Å². The van der Waals surface area contributed by atoms with E-state index in [0.29, 0.717) is 0 Å². The average molecular weight is 294 g/mol. The second-order valence-electron chi connectivity index (χ2n) is 3.95. The first kappa shape index (κ1) is 12.2. The number of nitrogens with one attached hydrogen (secondary N) is 1. The van der Waals surface area contributed by atoms with Gasteiger partial charge in [-0.2, -0.15) is 0 Å². The van der Waals surface area contributed by atoms with E-state index in [-0.39, 0.29) is 0 Å². The van der Waals surface area contributed by atoms with Gasteiger partial charge in [-0.05, 0) is 31.5 Å². The Bertz CT molecular complexity index is 505. The molecule has 0 aliphatic carbocycles. The third-order valence-electron chi connectivity index (χ3n) is 2.76. The van der Waals surface area contributed by atoms with E-state index in [1.165, 1.54) is 5.56 Å². The molecule has 17 heavy (non-hydrogen) atoms. The molecule has 0 atom stereocenters. The summed E-state index contributed by atoms with van der Waals surface area (Å²) < 4.78 is 3.26. The summed E-state index contributed by atoms with van der Waals surface area (Å²) in [4.78, 5) is 4.33. The summed E-state index contributed by atoms with van der Waals surface area (Å²) >= 11 is 3.53. The van der Waals surface area contributed by atoms with Gasteiger partial charge in [-0.3, -0.25) is 0 Å². The largest absolute Gasteiger partial charge is 0.378 e. The van der Waals surface area contributed by atoms with Crippen LogP contribution in [0.1, 0.15) is 18.3 Å². The highest BCUT2D eigenvalue weighted by Gasteiger charge is 2.01. The van der Waals surface area contributed by atoms with Gasteiger partial charge in [0.25, 0.3) is 0 Å². The standard InChI is InChI=1S/C13H16BrN3/c1-3-17-7-6-15-13(17)9-16-11-5-4-10(2)12(14)8-11/h4-8,16H,3,9H2,1-2H3. The van der Waals surface area contributed by atoms with Crippen LogP contribution in [0.4, 0.5) is 5.69 Å². The molecule has 90 valence electrons. The van der Waals surface area contributed by atoms with Gasteiger partial charge in [0, 0.05) is 29.1 Å². The topological polar surface area (TPSA) is 29.9 Å². The number of aryl methyl sites for hydroxylation is 2. The van der Waals surface area contributed by atoms with E-state index in [1.807, 2.05) is 12.4 Å². The summed E-state index contributed by atoms with van der Waals surface area (Å²) in [5.74, 6) is 1.06. The molecule has 2 aromatic rings. The average Bonchev–Trinajstić information content (AvgIpc) is 2.78. The Labute approximate surface area is 110 Å². The highest BCUT2D eigenvalue weighted by molar-refractivity contribution is 9.10. The predicted molar refractivity (Wildman–Crippen MR) is 74.1 cm³/mol. The maximum Gasteiger partial charge on any atom is 0.128 e. The van der Waals surface area contributed by atoms with Gasteiger partial charge in [-0.1, -0.05) is 22.0 Å². The highest BCUT2D eigenvalue weighted by atomic mass is 79.9. The molecule has 0 aliphatic heterocycles. The van der Waals surface area contributed by atoms with E-state index in [9.17, 15) is 0 Å². The lowest BCUT2D eigenvalue weighted by molar-refractivity contribution is 0.708. The molecular formula is C13H16BrN3. The number of anilines is 1. The van der Waals surface area contributed by atoms with Crippen LogP contribution in [-0.4, -0.2) is 9.55 Å². The summed E-state index contributed by atoms with van der Waals surface area (Å²) in [7, 11) is 0. The lowest BCUT2D eigenvalue weighted by Gasteiger charge is -2.09. The third kappa shape index (κ3) is 2.88. The van der Waals surface area contributed by atoms with Crippen LogP contribution in [0.25, 0.3) is 0 Å². The molecule has 2 rings (SSSR count). The molecular weight excluding hydrogens is 278 g/mol. The van der Waals surface area contributed by atoms with Crippen molar-refractivity contribution in [2.75, 3.05) is 5.32 Å². The minimum Gasteiger partial charge on any atom is -0.378 e. The van der Waals surface area contributed by atoms with Crippen LogP contribution >= 0.6 is 15.9 Å². The maximum absolute atomic E-state index is 4.33. The predicted octanol–water partition coefficient (Wildman–Crippen LogP) is 3.59. The van der Waals surface area contributed by atoms with Crippen molar-refractivity contribution in [3.8, 4) is 0 Å². The monoisotopic (exact) mass is 293 g/mol. The zero-order valence-corrected chi connectivity index (χ0v) is 11.7. The Morgan fingerprint density at radius 3 is 2.94 bits per heavy atom. The van der Waals surface area contributed by atoms with Crippen molar-refractivity contribution < 1.29 is 0 Å². The number of hydrogen-bond donors (Lipinski definition) is 1. The third-order valence-corrected chi connectivity index (χ3v) is 3.62. The minimum absolute atomic E-state index is 0.746. The zero-order valence-electron chi connectivity index (χ0n) is 10.1. The lowest BCUT2D eigenvalue weighted by Crippen LogP contribution is -2.07. The minimum atomic E-state index is 0.746. The van der Waals surface area contributed by atoms with Gasteiger partial charge < -0.3 is 9.88 Å². The number of rotatable bonds is 4. The summed E-state index contributed by atoms with van der Waals surface area (Å²) in [6.07, 6.45) is 3.84. The second-order valence-corrected chi connectivity index (χ2v) is 4.80. The van der Waals surface area contributed by atoms with E-state index in [2.05, 4.69) is 62.8 Å². The maximum atomic E-state index is 4.33. The molecule has 0 unspecified atom stereocenters. The lowest BCUT2D eigenvalue weighted by atomic mass is 10.2. The molecule has 4 heteroatoms. The van der Waals surface area contributed by atoms with Crippen molar-refractivity contribution in [2.45, 2.75) is 26.9 Å². The van der Waals surface area contributed by atoms with Crippen molar-refractivity contribution in [1.29, 1.82) is 0 Å². The summed E-state index contributed by atoms with van der Waals surface area (Å²) in [6, 6.07) is 6.27. The Kier molecular flexibility index (Phi) is 3.84. The molecule has 0 aliphatic rings. The number of nitrogens with zero attached hydrogens (tertiary/aromatic N) is 2. The van der Waals surface area contributed by atoms with E-state index >= 15 is 0 Å². The van der Waals surface area contributed by atoms with Crippen molar-refractivity contribution in [1.82, 2.24) is 9.55 Å². The molecule has 1 heterocycles. The number of benzene rings is 1.